The van der Waals surface area contributed by atoms with Crippen molar-refractivity contribution in [1.29, 1.82) is 0 Å². The van der Waals surface area contributed by atoms with Crippen LogP contribution in [0.2, 0.25) is 0 Å². The lowest BCUT2D eigenvalue weighted by molar-refractivity contribution is 0.452. The molecule has 0 aliphatic heterocycles. The van der Waals surface area contributed by atoms with Gasteiger partial charge in [0.1, 0.15) is 0 Å². The molecule has 4 nitrogen and oxygen atoms in total. The fourth-order valence-corrected chi connectivity index (χ4v) is 1.78. The molecule has 0 fully saturated rings. The number of hydrogen-bond acceptors (Lipinski definition) is 3. The van der Waals surface area contributed by atoms with E-state index in [1.807, 2.05) is 4.68 Å². The molecule has 1 heterocycles. The van der Waals surface area contributed by atoms with Crippen molar-refractivity contribution in [2.24, 2.45) is 11.7 Å². The maximum atomic E-state index is 5.56. The van der Waals surface area contributed by atoms with E-state index in [0.717, 1.165) is 18.7 Å². The molecule has 1 aromatic rings. The first-order valence-corrected chi connectivity index (χ1v) is 5.68. The summed E-state index contributed by atoms with van der Waals surface area (Å²) in [6.07, 6.45) is 0.825. The Kier molecular flexibility index (Phi) is 4.27. The van der Waals surface area contributed by atoms with Crippen LogP contribution < -0.4 is 5.73 Å². The van der Waals surface area contributed by atoms with Crippen LogP contribution in [0, 0.1) is 5.92 Å². The van der Waals surface area contributed by atoms with Crippen LogP contribution in [-0.2, 0) is 13.0 Å². The molecule has 1 rings (SSSR count). The summed E-state index contributed by atoms with van der Waals surface area (Å²) in [7, 11) is 0. The molecule has 0 spiro atoms. The van der Waals surface area contributed by atoms with Crippen molar-refractivity contribution < 1.29 is 0 Å². The number of nitrogens with zero attached hydrogens (tertiary/aromatic N) is 3. The van der Waals surface area contributed by atoms with Crippen LogP contribution >= 0.6 is 0 Å². The Morgan fingerprint density at radius 1 is 1.27 bits per heavy atom. The zero-order valence-electron chi connectivity index (χ0n) is 10.2. The maximum absolute atomic E-state index is 5.56. The molecule has 0 unspecified atom stereocenters. The van der Waals surface area contributed by atoms with Crippen LogP contribution in [-0.4, -0.2) is 21.5 Å². The van der Waals surface area contributed by atoms with E-state index >= 15 is 0 Å². The predicted octanol–water partition coefficient (Wildman–Crippen LogP) is 1.56. The highest BCUT2D eigenvalue weighted by Crippen LogP contribution is 2.18. The first-order valence-electron chi connectivity index (χ1n) is 5.68. The van der Waals surface area contributed by atoms with Gasteiger partial charge in [-0.05, 0) is 18.4 Å². The first kappa shape index (κ1) is 12.2. The zero-order valence-corrected chi connectivity index (χ0v) is 10.2. The molecule has 0 aliphatic carbocycles. The van der Waals surface area contributed by atoms with E-state index in [4.69, 9.17) is 5.73 Å². The van der Waals surface area contributed by atoms with Crippen LogP contribution in [0.25, 0.3) is 0 Å². The van der Waals surface area contributed by atoms with Gasteiger partial charge >= 0.3 is 0 Å². The predicted molar refractivity (Wildman–Crippen MR) is 61.7 cm³/mol. The van der Waals surface area contributed by atoms with Crippen molar-refractivity contribution in [3.05, 3.63) is 11.4 Å². The summed E-state index contributed by atoms with van der Waals surface area (Å²) < 4.78 is 2.03. The van der Waals surface area contributed by atoms with Gasteiger partial charge in [-0.2, -0.15) is 0 Å². The topological polar surface area (TPSA) is 56.7 Å². The Hall–Kier alpha value is -0.900. The van der Waals surface area contributed by atoms with E-state index in [1.165, 1.54) is 5.69 Å². The maximum Gasteiger partial charge on any atom is 0.0874 e. The molecule has 0 amide bonds. The highest BCUT2D eigenvalue weighted by molar-refractivity contribution is 5.14. The van der Waals surface area contributed by atoms with Gasteiger partial charge in [0.05, 0.1) is 11.4 Å². The normalized spacial score (nSPS) is 11.7. The SMILES string of the molecule is CC(C)Cn1nnc(CCN)c1C(C)C. The third-order valence-corrected chi connectivity index (χ3v) is 2.31. The van der Waals surface area contributed by atoms with Crippen LogP contribution in [0.15, 0.2) is 0 Å². The molecule has 15 heavy (non-hydrogen) atoms. The molecule has 0 saturated carbocycles. The minimum absolute atomic E-state index is 0.459. The van der Waals surface area contributed by atoms with E-state index in [2.05, 4.69) is 38.0 Å². The average molecular weight is 210 g/mol. The molecule has 86 valence electrons. The van der Waals surface area contributed by atoms with E-state index in [-0.39, 0.29) is 0 Å². The van der Waals surface area contributed by atoms with Crippen LogP contribution in [0.1, 0.15) is 45.0 Å². The summed E-state index contributed by atoms with van der Waals surface area (Å²) >= 11 is 0. The summed E-state index contributed by atoms with van der Waals surface area (Å²) in [4.78, 5) is 0. The summed E-state index contributed by atoms with van der Waals surface area (Å²) in [6, 6.07) is 0. The van der Waals surface area contributed by atoms with Gasteiger partial charge in [0, 0.05) is 13.0 Å². The monoisotopic (exact) mass is 210 g/mol. The van der Waals surface area contributed by atoms with Crippen molar-refractivity contribution in [2.45, 2.75) is 46.6 Å². The lowest BCUT2D eigenvalue weighted by Gasteiger charge is -2.12. The fraction of sp³-hybridized carbons (Fsp3) is 0.818. The third kappa shape index (κ3) is 3.02. The molecular weight excluding hydrogens is 188 g/mol. The van der Waals surface area contributed by atoms with Crippen LogP contribution in [0.3, 0.4) is 0 Å². The average Bonchev–Trinajstić information content (AvgIpc) is 2.47. The standard InChI is InChI=1S/C11H22N4/c1-8(2)7-15-11(9(3)4)10(5-6-12)13-14-15/h8-9H,5-7,12H2,1-4H3. The van der Waals surface area contributed by atoms with E-state index in [1.54, 1.807) is 0 Å². The second kappa shape index (κ2) is 5.26. The highest BCUT2D eigenvalue weighted by atomic mass is 15.4. The first-order chi connectivity index (χ1) is 7.06. The van der Waals surface area contributed by atoms with Gasteiger partial charge in [-0.3, -0.25) is 0 Å². The highest BCUT2D eigenvalue weighted by Gasteiger charge is 2.15. The van der Waals surface area contributed by atoms with E-state index < -0.39 is 0 Å². The Labute approximate surface area is 91.9 Å². The minimum Gasteiger partial charge on any atom is -0.330 e. The number of hydrogen-bond donors (Lipinski definition) is 1. The molecule has 0 aliphatic rings. The summed E-state index contributed by atoms with van der Waals surface area (Å²) in [5, 5.41) is 8.42. The fourth-order valence-electron chi connectivity index (χ4n) is 1.78. The van der Waals surface area contributed by atoms with Gasteiger partial charge < -0.3 is 5.73 Å². The van der Waals surface area contributed by atoms with E-state index in [9.17, 15) is 0 Å². The van der Waals surface area contributed by atoms with Gasteiger partial charge in [0.15, 0.2) is 0 Å². The Morgan fingerprint density at radius 3 is 2.40 bits per heavy atom. The second-order valence-electron chi connectivity index (χ2n) is 4.69. The molecule has 0 saturated heterocycles. The van der Waals surface area contributed by atoms with Gasteiger partial charge in [0.25, 0.3) is 0 Å². The van der Waals surface area contributed by atoms with Gasteiger partial charge in [-0.15, -0.1) is 5.10 Å². The zero-order chi connectivity index (χ0) is 11.4. The largest absolute Gasteiger partial charge is 0.330 e. The molecule has 1 aromatic heterocycles. The molecule has 0 bridgehead atoms. The quantitative estimate of drug-likeness (QED) is 0.802. The lowest BCUT2D eigenvalue weighted by Crippen LogP contribution is -2.12. The van der Waals surface area contributed by atoms with Gasteiger partial charge in [0.2, 0.25) is 0 Å². The molecule has 0 atom stereocenters. The van der Waals surface area contributed by atoms with Crippen molar-refractivity contribution in [1.82, 2.24) is 15.0 Å². The van der Waals surface area contributed by atoms with Crippen molar-refractivity contribution in [3.63, 3.8) is 0 Å². The summed E-state index contributed by atoms with van der Waals surface area (Å²) in [6.45, 7) is 10.3. The molecule has 4 heteroatoms. The summed E-state index contributed by atoms with van der Waals surface area (Å²) in [5.41, 5.74) is 7.87. The number of rotatable bonds is 5. The number of nitrogens with two attached hydrogens (primary N) is 1. The Bertz CT molecular complexity index is 302. The minimum atomic E-state index is 0.459. The third-order valence-electron chi connectivity index (χ3n) is 2.31. The summed E-state index contributed by atoms with van der Waals surface area (Å²) in [5.74, 6) is 1.05. The smallest absolute Gasteiger partial charge is 0.0874 e. The van der Waals surface area contributed by atoms with Crippen LogP contribution in [0.5, 0.6) is 0 Å². The Balaban J connectivity index is 2.95. The van der Waals surface area contributed by atoms with Crippen molar-refractivity contribution in [3.8, 4) is 0 Å². The second-order valence-corrected chi connectivity index (χ2v) is 4.69. The molecular formula is C11H22N4. The molecule has 0 radical (unpaired) electrons. The van der Waals surface area contributed by atoms with Gasteiger partial charge in [-0.1, -0.05) is 32.9 Å². The van der Waals surface area contributed by atoms with Crippen molar-refractivity contribution in [2.75, 3.05) is 6.54 Å². The van der Waals surface area contributed by atoms with E-state index in [0.29, 0.717) is 18.4 Å². The van der Waals surface area contributed by atoms with Crippen molar-refractivity contribution >= 4 is 0 Å². The molecule has 2 N–H and O–H groups in total. The Morgan fingerprint density at radius 2 is 1.93 bits per heavy atom. The molecule has 0 aromatic carbocycles. The number of aromatic nitrogens is 3. The van der Waals surface area contributed by atoms with Gasteiger partial charge in [-0.25, -0.2) is 4.68 Å². The lowest BCUT2D eigenvalue weighted by atomic mass is 10.1. The van der Waals surface area contributed by atoms with Crippen LogP contribution in [0.4, 0.5) is 0 Å².